The first-order chi connectivity index (χ1) is 8.29. The number of rotatable bonds is 7. The lowest BCUT2D eigenvalue weighted by molar-refractivity contribution is -0.00470. The van der Waals surface area contributed by atoms with Crippen molar-refractivity contribution in [1.82, 2.24) is 5.32 Å². The molecule has 0 saturated heterocycles. The number of ether oxygens (including phenoxy) is 1. The van der Waals surface area contributed by atoms with Crippen LogP contribution in [0.3, 0.4) is 0 Å². The summed E-state index contributed by atoms with van der Waals surface area (Å²) in [4.78, 5) is 0. The van der Waals surface area contributed by atoms with Gasteiger partial charge in [0.05, 0.1) is 12.2 Å². The zero-order valence-corrected chi connectivity index (χ0v) is 10.9. The van der Waals surface area contributed by atoms with Crippen LogP contribution in [-0.2, 0) is 4.74 Å². The van der Waals surface area contributed by atoms with Crippen LogP contribution < -0.4 is 5.32 Å². The van der Waals surface area contributed by atoms with Crippen LogP contribution in [-0.4, -0.2) is 18.7 Å². The Morgan fingerprint density at radius 1 is 1.29 bits per heavy atom. The van der Waals surface area contributed by atoms with E-state index in [1.165, 1.54) is 18.4 Å². The summed E-state index contributed by atoms with van der Waals surface area (Å²) in [6, 6.07) is 11.2. The number of hydrogen-bond acceptors (Lipinski definition) is 2. The van der Waals surface area contributed by atoms with Gasteiger partial charge in [-0.15, -0.1) is 0 Å². The first-order valence-electron chi connectivity index (χ1n) is 6.73. The SMILES string of the molecule is CCC(CNC1CC1)OC(C)c1ccccc1. The smallest absolute Gasteiger partial charge is 0.0801 e. The molecule has 2 unspecified atom stereocenters. The van der Waals surface area contributed by atoms with Gasteiger partial charge < -0.3 is 10.1 Å². The Morgan fingerprint density at radius 3 is 2.59 bits per heavy atom. The molecular weight excluding hydrogens is 210 g/mol. The Kier molecular flexibility index (Phi) is 4.57. The predicted molar refractivity (Wildman–Crippen MR) is 71.0 cm³/mol. The van der Waals surface area contributed by atoms with E-state index in [1.54, 1.807) is 0 Å². The Balaban J connectivity index is 1.80. The van der Waals surface area contributed by atoms with Crippen LogP contribution in [0.1, 0.15) is 44.8 Å². The third-order valence-electron chi connectivity index (χ3n) is 3.33. The minimum atomic E-state index is 0.183. The van der Waals surface area contributed by atoms with E-state index in [0.717, 1.165) is 19.0 Å². The van der Waals surface area contributed by atoms with Crippen LogP contribution in [0.2, 0.25) is 0 Å². The van der Waals surface area contributed by atoms with Crippen molar-refractivity contribution >= 4 is 0 Å². The van der Waals surface area contributed by atoms with Gasteiger partial charge in [0.2, 0.25) is 0 Å². The molecule has 0 aromatic heterocycles. The summed E-state index contributed by atoms with van der Waals surface area (Å²) >= 11 is 0. The summed E-state index contributed by atoms with van der Waals surface area (Å²) in [5.74, 6) is 0. The fourth-order valence-electron chi connectivity index (χ4n) is 1.97. The summed E-state index contributed by atoms with van der Waals surface area (Å²) < 4.78 is 6.10. The molecule has 1 aliphatic rings. The van der Waals surface area contributed by atoms with Gasteiger partial charge in [0.1, 0.15) is 0 Å². The second-order valence-corrected chi connectivity index (χ2v) is 4.90. The molecule has 1 fully saturated rings. The van der Waals surface area contributed by atoms with E-state index >= 15 is 0 Å². The summed E-state index contributed by atoms with van der Waals surface area (Å²) in [7, 11) is 0. The highest BCUT2D eigenvalue weighted by molar-refractivity contribution is 5.16. The van der Waals surface area contributed by atoms with Crippen molar-refractivity contribution in [3.05, 3.63) is 35.9 Å². The molecule has 2 atom stereocenters. The molecule has 17 heavy (non-hydrogen) atoms. The topological polar surface area (TPSA) is 21.3 Å². The molecule has 0 aliphatic heterocycles. The Labute approximate surface area is 104 Å². The molecule has 1 aromatic rings. The van der Waals surface area contributed by atoms with Crippen LogP contribution >= 0.6 is 0 Å². The van der Waals surface area contributed by atoms with Crippen molar-refractivity contribution < 1.29 is 4.74 Å². The Hall–Kier alpha value is -0.860. The normalized spacial score (nSPS) is 18.9. The molecular formula is C15H23NO. The molecule has 0 amide bonds. The maximum Gasteiger partial charge on any atom is 0.0801 e. The minimum absolute atomic E-state index is 0.183. The monoisotopic (exact) mass is 233 g/mol. The quantitative estimate of drug-likeness (QED) is 0.780. The molecule has 2 nitrogen and oxygen atoms in total. The van der Waals surface area contributed by atoms with E-state index in [4.69, 9.17) is 4.74 Å². The van der Waals surface area contributed by atoms with E-state index in [-0.39, 0.29) is 6.10 Å². The molecule has 0 bridgehead atoms. The van der Waals surface area contributed by atoms with Gasteiger partial charge in [-0.3, -0.25) is 0 Å². The summed E-state index contributed by atoms with van der Waals surface area (Å²) in [5.41, 5.74) is 1.26. The van der Waals surface area contributed by atoms with E-state index in [1.807, 2.05) is 6.07 Å². The lowest BCUT2D eigenvalue weighted by Crippen LogP contribution is -2.30. The van der Waals surface area contributed by atoms with Gasteiger partial charge in [0.15, 0.2) is 0 Å². The lowest BCUT2D eigenvalue weighted by atomic mass is 10.1. The molecule has 0 heterocycles. The summed E-state index contributed by atoms with van der Waals surface area (Å²) in [6.45, 7) is 5.31. The molecule has 1 aromatic carbocycles. The van der Waals surface area contributed by atoms with E-state index in [2.05, 4.69) is 43.4 Å². The van der Waals surface area contributed by atoms with Gasteiger partial charge in [0, 0.05) is 12.6 Å². The van der Waals surface area contributed by atoms with Crippen LogP contribution in [0.15, 0.2) is 30.3 Å². The second-order valence-electron chi connectivity index (χ2n) is 4.90. The highest BCUT2D eigenvalue weighted by Crippen LogP contribution is 2.21. The third-order valence-corrected chi connectivity index (χ3v) is 3.33. The van der Waals surface area contributed by atoms with Gasteiger partial charge >= 0.3 is 0 Å². The average molecular weight is 233 g/mol. The maximum absolute atomic E-state index is 6.10. The predicted octanol–water partition coefficient (Wildman–Crippen LogP) is 3.29. The van der Waals surface area contributed by atoms with Gasteiger partial charge in [-0.25, -0.2) is 0 Å². The second kappa shape index (κ2) is 6.18. The summed E-state index contributed by atoms with van der Waals surface area (Å²) in [5, 5.41) is 3.54. The van der Waals surface area contributed by atoms with E-state index < -0.39 is 0 Å². The van der Waals surface area contributed by atoms with Crippen LogP contribution in [0.4, 0.5) is 0 Å². The minimum Gasteiger partial charge on any atom is -0.369 e. The van der Waals surface area contributed by atoms with E-state index in [0.29, 0.717) is 6.10 Å². The molecule has 2 heteroatoms. The van der Waals surface area contributed by atoms with Crippen LogP contribution in [0.5, 0.6) is 0 Å². The number of benzene rings is 1. The van der Waals surface area contributed by atoms with Crippen molar-refractivity contribution in [2.75, 3.05) is 6.54 Å². The standard InChI is InChI=1S/C15H23NO/c1-3-15(11-16-14-9-10-14)17-12(2)13-7-5-4-6-8-13/h4-8,12,14-16H,3,9-11H2,1-2H3. The average Bonchev–Trinajstić information content (AvgIpc) is 3.19. The zero-order valence-electron chi connectivity index (χ0n) is 10.9. The highest BCUT2D eigenvalue weighted by Gasteiger charge is 2.22. The zero-order chi connectivity index (χ0) is 12.1. The molecule has 0 spiro atoms. The summed E-state index contributed by atoms with van der Waals surface area (Å²) in [6.07, 6.45) is 4.25. The lowest BCUT2D eigenvalue weighted by Gasteiger charge is -2.22. The number of hydrogen-bond donors (Lipinski definition) is 1. The van der Waals surface area contributed by atoms with Gasteiger partial charge in [0.25, 0.3) is 0 Å². The van der Waals surface area contributed by atoms with Crippen molar-refractivity contribution in [2.45, 2.75) is 51.4 Å². The van der Waals surface area contributed by atoms with Gasteiger partial charge in [-0.2, -0.15) is 0 Å². The molecule has 1 saturated carbocycles. The fourth-order valence-corrected chi connectivity index (χ4v) is 1.97. The van der Waals surface area contributed by atoms with Gasteiger partial charge in [-0.1, -0.05) is 37.3 Å². The van der Waals surface area contributed by atoms with Crippen molar-refractivity contribution in [1.29, 1.82) is 0 Å². The molecule has 1 N–H and O–H groups in total. The van der Waals surface area contributed by atoms with Crippen LogP contribution in [0.25, 0.3) is 0 Å². The largest absolute Gasteiger partial charge is 0.369 e. The Morgan fingerprint density at radius 2 is 2.00 bits per heavy atom. The molecule has 0 radical (unpaired) electrons. The molecule has 1 aliphatic carbocycles. The van der Waals surface area contributed by atoms with Crippen LogP contribution in [0, 0.1) is 0 Å². The fraction of sp³-hybridized carbons (Fsp3) is 0.600. The maximum atomic E-state index is 6.10. The van der Waals surface area contributed by atoms with E-state index in [9.17, 15) is 0 Å². The van der Waals surface area contributed by atoms with Crippen molar-refractivity contribution in [2.24, 2.45) is 0 Å². The first-order valence-corrected chi connectivity index (χ1v) is 6.73. The molecule has 2 rings (SSSR count). The Bertz CT molecular complexity index is 321. The van der Waals surface area contributed by atoms with Gasteiger partial charge in [-0.05, 0) is 31.7 Å². The third kappa shape index (κ3) is 4.14. The first kappa shape index (κ1) is 12.6. The highest BCUT2D eigenvalue weighted by atomic mass is 16.5. The van der Waals surface area contributed by atoms with Crippen molar-refractivity contribution in [3.63, 3.8) is 0 Å². The number of nitrogens with one attached hydrogen (secondary N) is 1. The van der Waals surface area contributed by atoms with Crippen molar-refractivity contribution in [3.8, 4) is 0 Å². The molecule has 94 valence electrons.